The van der Waals surface area contributed by atoms with E-state index in [-0.39, 0.29) is 12.5 Å². The van der Waals surface area contributed by atoms with E-state index in [0.29, 0.717) is 19.6 Å². The quantitative estimate of drug-likeness (QED) is 0.796. The van der Waals surface area contributed by atoms with Gasteiger partial charge in [0.25, 0.3) is 5.91 Å². The van der Waals surface area contributed by atoms with Gasteiger partial charge in [-0.3, -0.25) is 4.79 Å². The number of carbonyl (C=O) groups excluding carboxylic acids is 1. The van der Waals surface area contributed by atoms with Crippen LogP contribution in [0.4, 0.5) is 0 Å². The lowest BCUT2D eigenvalue weighted by Gasteiger charge is -2.19. The minimum atomic E-state index is -0.0254. The fourth-order valence-corrected chi connectivity index (χ4v) is 1.67. The van der Waals surface area contributed by atoms with Gasteiger partial charge in [0.15, 0.2) is 6.61 Å². The lowest BCUT2D eigenvalue weighted by Crippen LogP contribution is -2.38. The van der Waals surface area contributed by atoms with Crippen molar-refractivity contribution in [3.05, 3.63) is 29.8 Å². The third kappa shape index (κ3) is 4.37. The van der Waals surface area contributed by atoms with E-state index in [1.54, 1.807) is 4.90 Å². The van der Waals surface area contributed by atoms with E-state index in [4.69, 9.17) is 10.5 Å². The fourth-order valence-electron chi connectivity index (χ4n) is 1.67. The van der Waals surface area contributed by atoms with Gasteiger partial charge in [0.05, 0.1) is 0 Å². The Hall–Kier alpha value is -1.55. The molecule has 0 aliphatic heterocycles. The minimum absolute atomic E-state index is 0.0254. The molecule has 0 spiro atoms. The van der Waals surface area contributed by atoms with Gasteiger partial charge in [-0.2, -0.15) is 0 Å². The van der Waals surface area contributed by atoms with Crippen LogP contribution >= 0.6 is 0 Å². The third-order valence-electron chi connectivity index (χ3n) is 2.83. The number of ether oxygens (including phenoxy) is 1. The molecule has 1 aromatic rings. The minimum Gasteiger partial charge on any atom is -0.484 e. The van der Waals surface area contributed by atoms with Crippen molar-refractivity contribution < 1.29 is 9.53 Å². The Morgan fingerprint density at radius 3 is 2.44 bits per heavy atom. The zero-order valence-electron chi connectivity index (χ0n) is 11.2. The number of likely N-dealkylation sites (N-methyl/N-ethyl adjacent to an activating group) is 1. The molecule has 1 amide bonds. The Morgan fingerprint density at radius 2 is 1.94 bits per heavy atom. The number of aryl methyl sites for hydroxylation is 1. The smallest absolute Gasteiger partial charge is 0.260 e. The molecule has 0 aromatic heterocycles. The van der Waals surface area contributed by atoms with Crippen LogP contribution in [-0.4, -0.2) is 37.0 Å². The maximum atomic E-state index is 11.8. The first-order chi connectivity index (χ1) is 8.71. The monoisotopic (exact) mass is 250 g/mol. The number of rotatable bonds is 7. The number of amides is 1. The number of benzene rings is 1. The number of hydrogen-bond acceptors (Lipinski definition) is 3. The predicted octanol–water partition coefficient (Wildman–Crippen LogP) is 1.43. The van der Waals surface area contributed by atoms with Gasteiger partial charge in [-0.1, -0.05) is 19.1 Å². The first-order valence-electron chi connectivity index (χ1n) is 6.40. The lowest BCUT2D eigenvalue weighted by atomic mass is 10.2. The molecule has 0 heterocycles. The van der Waals surface area contributed by atoms with Crippen molar-refractivity contribution in [1.29, 1.82) is 0 Å². The van der Waals surface area contributed by atoms with Gasteiger partial charge in [0.1, 0.15) is 5.75 Å². The Balaban J connectivity index is 2.45. The number of nitrogens with two attached hydrogens (primary N) is 1. The third-order valence-corrected chi connectivity index (χ3v) is 2.83. The molecule has 0 radical (unpaired) electrons. The van der Waals surface area contributed by atoms with E-state index in [9.17, 15) is 4.79 Å². The standard InChI is InChI=1S/C14H22N2O2/c1-3-12-5-7-13(8-6-12)18-11-14(17)16(4-2)10-9-15/h5-8H,3-4,9-11,15H2,1-2H3. The summed E-state index contributed by atoms with van der Waals surface area (Å²) in [6.45, 7) is 5.82. The van der Waals surface area contributed by atoms with E-state index in [1.165, 1.54) is 5.56 Å². The molecular weight excluding hydrogens is 228 g/mol. The maximum absolute atomic E-state index is 11.8. The van der Waals surface area contributed by atoms with Gasteiger partial charge in [0, 0.05) is 19.6 Å². The molecule has 0 unspecified atom stereocenters. The van der Waals surface area contributed by atoms with Crippen LogP contribution in [0, 0.1) is 0 Å². The molecule has 100 valence electrons. The SMILES string of the molecule is CCc1ccc(OCC(=O)N(CC)CCN)cc1. The van der Waals surface area contributed by atoms with Crippen molar-refractivity contribution in [3.8, 4) is 5.75 Å². The Kier molecular flexibility index (Phi) is 6.22. The Labute approximate surface area is 109 Å². The summed E-state index contributed by atoms with van der Waals surface area (Å²) >= 11 is 0. The molecule has 0 saturated carbocycles. The second kappa shape index (κ2) is 7.71. The highest BCUT2D eigenvalue weighted by atomic mass is 16.5. The molecule has 0 aliphatic carbocycles. The van der Waals surface area contributed by atoms with Crippen molar-refractivity contribution in [2.75, 3.05) is 26.2 Å². The first kappa shape index (κ1) is 14.5. The Bertz CT molecular complexity index is 363. The van der Waals surface area contributed by atoms with Gasteiger partial charge < -0.3 is 15.4 Å². The van der Waals surface area contributed by atoms with Crippen LogP contribution < -0.4 is 10.5 Å². The molecule has 0 aliphatic rings. The summed E-state index contributed by atoms with van der Waals surface area (Å²) in [5.74, 6) is 0.701. The topological polar surface area (TPSA) is 55.6 Å². The van der Waals surface area contributed by atoms with E-state index < -0.39 is 0 Å². The van der Waals surface area contributed by atoms with E-state index >= 15 is 0 Å². The van der Waals surface area contributed by atoms with E-state index in [1.807, 2.05) is 31.2 Å². The first-order valence-corrected chi connectivity index (χ1v) is 6.40. The summed E-state index contributed by atoms with van der Waals surface area (Å²) in [7, 11) is 0. The van der Waals surface area contributed by atoms with Crippen molar-refractivity contribution >= 4 is 5.91 Å². The second-order valence-electron chi connectivity index (χ2n) is 4.05. The van der Waals surface area contributed by atoms with Crippen LogP contribution in [0.15, 0.2) is 24.3 Å². The summed E-state index contributed by atoms with van der Waals surface area (Å²) in [4.78, 5) is 13.5. The van der Waals surface area contributed by atoms with Gasteiger partial charge in [-0.15, -0.1) is 0 Å². The molecule has 18 heavy (non-hydrogen) atoms. The van der Waals surface area contributed by atoms with Crippen molar-refractivity contribution in [1.82, 2.24) is 4.90 Å². The number of hydrogen-bond donors (Lipinski definition) is 1. The highest BCUT2D eigenvalue weighted by Crippen LogP contribution is 2.12. The van der Waals surface area contributed by atoms with Crippen molar-refractivity contribution in [3.63, 3.8) is 0 Å². The molecule has 0 saturated heterocycles. The fraction of sp³-hybridized carbons (Fsp3) is 0.500. The summed E-state index contributed by atoms with van der Waals surface area (Å²) in [6.07, 6.45) is 0.999. The average molecular weight is 250 g/mol. The molecule has 0 atom stereocenters. The molecule has 0 fully saturated rings. The average Bonchev–Trinajstić information content (AvgIpc) is 2.42. The van der Waals surface area contributed by atoms with E-state index in [0.717, 1.165) is 12.2 Å². The zero-order chi connectivity index (χ0) is 13.4. The Morgan fingerprint density at radius 1 is 1.28 bits per heavy atom. The predicted molar refractivity (Wildman–Crippen MR) is 72.6 cm³/mol. The van der Waals surface area contributed by atoms with Crippen LogP contribution in [0.1, 0.15) is 19.4 Å². The van der Waals surface area contributed by atoms with Gasteiger partial charge in [0.2, 0.25) is 0 Å². The number of nitrogens with zero attached hydrogens (tertiary/aromatic N) is 1. The molecule has 2 N–H and O–H groups in total. The van der Waals surface area contributed by atoms with Crippen LogP contribution in [-0.2, 0) is 11.2 Å². The molecular formula is C14H22N2O2. The summed E-state index contributed by atoms with van der Waals surface area (Å²) in [6, 6.07) is 7.81. The molecule has 1 rings (SSSR count). The second-order valence-corrected chi connectivity index (χ2v) is 4.05. The van der Waals surface area contributed by atoms with Crippen LogP contribution in [0.5, 0.6) is 5.75 Å². The maximum Gasteiger partial charge on any atom is 0.260 e. The largest absolute Gasteiger partial charge is 0.484 e. The normalized spacial score (nSPS) is 10.2. The van der Waals surface area contributed by atoms with Gasteiger partial charge in [-0.05, 0) is 31.0 Å². The highest BCUT2D eigenvalue weighted by Gasteiger charge is 2.11. The molecule has 4 nitrogen and oxygen atoms in total. The molecule has 4 heteroatoms. The lowest BCUT2D eigenvalue weighted by molar-refractivity contribution is -0.133. The molecule has 1 aromatic carbocycles. The van der Waals surface area contributed by atoms with Gasteiger partial charge in [-0.25, -0.2) is 0 Å². The van der Waals surface area contributed by atoms with Gasteiger partial charge >= 0.3 is 0 Å². The van der Waals surface area contributed by atoms with Crippen LogP contribution in [0.25, 0.3) is 0 Å². The van der Waals surface area contributed by atoms with E-state index in [2.05, 4.69) is 6.92 Å². The van der Waals surface area contributed by atoms with Crippen LogP contribution in [0.2, 0.25) is 0 Å². The summed E-state index contributed by atoms with van der Waals surface area (Å²) in [5.41, 5.74) is 6.70. The molecule has 0 bridgehead atoms. The summed E-state index contributed by atoms with van der Waals surface area (Å²) in [5, 5.41) is 0. The van der Waals surface area contributed by atoms with Crippen LogP contribution in [0.3, 0.4) is 0 Å². The van der Waals surface area contributed by atoms with Crippen molar-refractivity contribution in [2.45, 2.75) is 20.3 Å². The summed E-state index contributed by atoms with van der Waals surface area (Å²) < 4.78 is 5.46. The zero-order valence-corrected chi connectivity index (χ0v) is 11.2. The highest BCUT2D eigenvalue weighted by molar-refractivity contribution is 5.77. The van der Waals surface area contributed by atoms with Crippen molar-refractivity contribution in [2.24, 2.45) is 5.73 Å². The number of carbonyl (C=O) groups is 1.